The van der Waals surface area contributed by atoms with Gasteiger partial charge in [0.05, 0.1) is 0 Å². The van der Waals surface area contributed by atoms with E-state index in [9.17, 15) is 0 Å². The lowest BCUT2D eigenvalue weighted by atomic mass is 10.2. The highest BCUT2D eigenvalue weighted by atomic mass is 13.9. The molecule has 0 amide bonds. The Bertz CT molecular complexity index is 182. The normalized spacial score (nSPS) is 29.3. The highest BCUT2D eigenvalue weighted by molar-refractivity contribution is 5.14. The van der Waals surface area contributed by atoms with Crippen LogP contribution in [0.4, 0.5) is 0 Å². The molecule has 63 valence electrons. The second-order valence-electron chi connectivity index (χ2n) is 2.72. The first kappa shape index (κ1) is 9.05. The minimum Gasteiger partial charge on any atom is -0.0882 e. The molecule has 0 aromatic heterocycles. The molecule has 0 aromatic carbocycles. The smallest absolute Gasteiger partial charge is 0.0130 e. The minimum absolute atomic E-state index is 1.05. The quantitative estimate of drug-likeness (QED) is 0.474. The lowest BCUT2D eigenvalue weighted by Crippen LogP contribution is -1.69. The molecule has 0 heterocycles. The van der Waals surface area contributed by atoms with E-state index in [-0.39, 0.29) is 0 Å². The monoisotopic (exact) mass is 159 g/mol. The molecule has 0 spiro atoms. The first-order valence-electron chi connectivity index (χ1n) is 4.47. The largest absolute Gasteiger partial charge is 0.0882 e. The molecule has 0 bridgehead atoms. The zero-order chi connectivity index (χ0) is 8.49. The molecule has 0 heteroatoms. The average molecular weight is 159 g/mol. The Labute approximate surface area is 75.0 Å². The predicted octanol–water partition coefficient (Wildman–Crippen LogP) is 3.60. The summed E-state index contributed by atoms with van der Waals surface area (Å²) in [6.45, 7) is 0. The average Bonchev–Trinajstić information content (AvgIpc) is 2.05. The van der Waals surface area contributed by atoms with E-state index in [1.165, 1.54) is 0 Å². The zero-order valence-corrected chi connectivity index (χ0v) is 7.32. The maximum atomic E-state index is 2.24. The van der Waals surface area contributed by atoms with E-state index in [4.69, 9.17) is 0 Å². The second kappa shape index (κ2) is 6.66. The zero-order valence-electron chi connectivity index (χ0n) is 7.32. The molecule has 0 saturated heterocycles. The van der Waals surface area contributed by atoms with Gasteiger partial charge in [-0.1, -0.05) is 48.6 Å². The molecule has 1 aliphatic rings. The van der Waals surface area contributed by atoms with Crippen molar-refractivity contribution < 1.29 is 0 Å². The van der Waals surface area contributed by atoms with Gasteiger partial charge in [0.1, 0.15) is 0 Å². The molecule has 0 unspecified atom stereocenters. The molecule has 0 saturated carbocycles. The van der Waals surface area contributed by atoms with Crippen LogP contribution in [0.25, 0.3) is 0 Å². The third-order valence-corrected chi connectivity index (χ3v) is 1.66. The van der Waals surface area contributed by atoms with Crippen LogP contribution in [0.3, 0.4) is 0 Å². The molecular weight excluding hydrogens is 144 g/mol. The number of hydrogen-bond acceptors (Lipinski definition) is 0. The summed E-state index contributed by atoms with van der Waals surface area (Å²) in [5.74, 6) is 0. The number of allylic oxidation sites excluding steroid dienone is 8. The van der Waals surface area contributed by atoms with Gasteiger partial charge in [-0.2, -0.15) is 0 Å². The van der Waals surface area contributed by atoms with Crippen LogP contribution in [-0.4, -0.2) is 0 Å². The number of rotatable bonds is 0. The fourth-order valence-corrected chi connectivity index (χ4v) is 1.01. The van der Waals surface area contributed by atoms with Crippen LogP contribution in [0.2, 0.25) is 0 Å². The van der Waals surface area contributed by atoms with Gasteiger partial charge in [-0.15, -0.1) is 0 Å². The van der Waals surface area contributed by atoms with Crippen LogP contribution in [0.5, 0.6) is 0 Å². The Morgan fingerprint density at radius 3 is 2.33 bits per heavy atom. The van der Waals surface area contributed by atoms with Gasteiger partial charge in [-0.25, -0.2) is 0 Å². The van der Waals surface area contributed by atoms with Gasteiger partial charge >= 0.3 is 0 Å². The standard InChI is InChI=1S/C12H15/c1-2-4-6-8-10-12-11-9-7-5-3-1/h1-7,10,12H,8-9,11H2/b3-1-,4-2+,7-5+,12-10+. The molecule has 0 nitrogen and oxygen atoms in total. The highest BCUT2D eigenvalue weighted by Gasteiger charge is 1.79. The Balaban J connectivity index is 2.42. The Kier molecular flexibility index (Phi) is 5.02. The molecule has 0 atom stereocenters. The molecule has 0 fully saturated rings. The van der Waals surface area contributed by atoms with Gasteiger partial charge in [0.2, 0.25) is 0 Å². The molecule has 12 heavy (non-hydrogen) atoms. The highest BCUT2D eigenvalue weighted by Crippen LogP contribution is 1.98. The summed E-state index contributed by atoms with van der Waals surface area (Å²) in [4.78, 5) is 0. The third kappa shape index (κ3) is 4.73. The summed E-state index contributed by atoms with van der Waals surface area (Å²) in [5, 5.41) is 0. The first-order chi connectivity index (χ1) is 6.00. The molecule has 1 aliphatic carbocycles. The van der Waals surface area contributed by atoms with Crippen molar-refractivity contribution in [3.63, 3.8) is 0 Å². The van der Waals surface area contributed by atoms with Crippen molar-refractivity contribution in [2.45, 2.75) is 19.3 Å². The van der Waals surface area contributed by atoms with Crippen LogP contribution in [0, 0.1) is 6.42 Å². The molecule has 1 radical (unpaired) electrons. The van der Waals surface area contributed by atoms with Crippen LogP contribution in [0.15, 0.2) is 48.6 Å². The maximum Gasteiger partial charge on any atom is -0.0130 e. The summed E-state index contributed by atoms with van der Waals surface area (Å²) < 4.78 is 0. The van der Waals surface area contributed by atoms with Crippen molar-refractivity contribution >= 4 is 0 Å². The van der Waals surface area contributed by atoms with E-state index in [1.54, 1.807) is 0 Å². The van der Waals surface area contributed by atoms with Crippen molar-refractivity contribution in [1.29, 1.82) is 0 Å². The molecule has 0 aromatic rings. The fourth-order valence-electron chi connectivity index (χ4n) is 1.01. The van der Waals surface area contributed by atoms with Gasteiger partial charge in [0, 0.05) is 0 Å². The SMILES string of the molecule is [CH]1/C=C/C=C\C=C\CC/C=C/C1. The van der Waals surface area contributed by atoms with Gasteiger partial charge in [-0.05, 0) is 25.7 Å². The molecule has 0 aliphatic heterocycles. The van der Waals surface area contributed by atoms with Gasteiger partial charge in [0.15, 0.2) is 0 Å². The van der Waals surface area contributed by atoms with Gasteiger partial charge in [0.25, 0.3) is 0 Å². The van der Waals surface area contributed by atoms with Crippen molar-refractivity contribution in [3.8, 4) is 0 Å². The van der Waals surface area contributed by atoms with E-state index in [0.29, 0.717) is 0 Å². The third-order valence-electron chi connectivity index (χ3n) is 1.66. The topological polar surface area (TPSA) is 0 Å². The van der Waals surface area contributed by atoms with Crippen LogP contribution in [0.1, 0.15) is 19.3 Å². The lowest BCUT2D eigenvalue weighted by Gasteiger charge is -1.88. The van der Waals surface area contributed by atoms with Gasteiger partial charge in [-0.3, -0.25) is 0 Å². The summed E-state index contributed by atoms with van der Waals surface area (Å²) in [5.41, 5.74) is 0. The van der Waals surface area contributed by atoms with E-state index >= 15 is 0 Å². The molecular formula is C12H15. The Morgan fingerprint density at radius 2 is 1.33 bits per heavy atom. The summed E-state index contributed by atoms with van der Waals surface area (Å²) in [6, 6.07) is 0. The van der Waals surface area contributed by atoms with Crippen LogP contribution < -0.4 is 0 Å². The van der Waals surface area contributed by atoms with E-state index in [2.05, 4.69) is 55.0 Å². The predicted molar refractivity (Wildman–Crippen MR) is 54.7 cm³/mol. The lowest BCUT2D eigenvalue weighted by molar-refractivity contribution is 1.04. The summed E-state index contributed by atoms with van der Waals surface area (Å²) in [6.07, 6.45) is 22.5. The summed E-state index contributed by atoms with van der Waals surface area (Å²) >= 11 is 0. The van der Waals surface area contributed by atoms with Crippen LogP contribution >= 0.6 is 0 Å². The Hall–Kier alpha value is -1.04. The van der Waals surface area contributed by atoms with E-state index in [1.807, 2.05) is 0 Å². The Morgan fingerprint density at radius 1 is 0.583 bits per heavy atom. The van der Waals surface area contributed by atoms with Crippen LogP contribution in [-0.2, 0) is 0 Å². The van der Waals surface area contributed by atoms with Crippen molar-refractivity contribution in [2.24, 2.45) is 0 Å². The van der Waals surface area contributed by atoms with E-state index in [0.717, 1.165) is 19.3 Å². The maximum absolute atomic E-state index is 2.24. The van der Waals surface area contributed by atoms with Crippen molar-refractivity contribution in [3.05, 3.63) is 55.0 Å². The first-order valence-corrected chi connectivity index (χ1v) is 4.47. The molecule has 0 N–H and O–H groups in total. The second-order valence-corrected chi connectivity index (χ2v) is 2.72. The minimum atomic E-state index is 1.05. The van der Waals surface area contributed by atoms with Crippen molar-refractivity contribution in [2.75, 3.05) is 0 Å². The molecule has 1 rings (SSSR count). The fraction of sp³-hybridized carbons (Fsp3) is 0.250. The van der Waals surface area contributed by atoms with Gasteiger partial charge < -0.3 is 0 Å². The number of hydrogen-bond donors (Lipinski definition) is 0. The van der Waals surface area contributed by atoms with Crippen molar-refractivity contribution in [1.82, 2.24) is 0 Å². The van der Waals surface area contributed by atoms with E-state index < -0.39 is 0 Å². The summed E-state index contributed by atoms with van der Waals surface area (Å²) in [7, 11) is 0.